The Kier molecular flexibility index (Phi) is 88.0. The number of allylic oxidation sites excluding steroid dienone is 20. The number of hydrogen-bond acceptors (Lipinski definition) is 14. The van der Waals surface area contributed by atoms with Crippen molar-refractivity contribution in [3.05, 3.63) is 122 Å². The van der Waals surface area contributed by atoms with Crippen LogP contribution in [-0.4, -0.2) is 95.9 Å². The van der Waals surface area contributed by atoms with Crippen LogP contribution in [0.5, 0.6) is 0 Å². The summed E-state index contributed by atoms with van der Waals surface area (Å²) >= 11 is 0. The number of hydrogen-bond donors (Lipinski definition) is 4. The molecule has 18 heteroatoms. The molecule has 5 unspecified atom stereocenters. The first-order valence-corrected chi connectivity index (χ1v) is 50.8. The standard InChI is InChI=1S/C99H176O16P2/c1-4-7-10-13-16-19-22-25-28-30-32-34-36-38-40-42-44-46-48-50-52-54-56-58-60-62-65-67-70-73-76-79-82-85-97(102)109-88-94(100)89-111-116(105,106)112-90-95(101)91-113-117(107,108)114-93-96(115-99(104)87-84-81-78-75-72-69-64-27-24-21-18-15-12-9-6-3)92-110-98(103)86-83-80-77-74-71-68-66-63-61-59-57-55-53-51-49-47-45-43-41-39-37-35-33-31-29-26-23-20-17-14-11-8-5-2/h7-8,10-11,16-17,19-20,25-26,28-29,32-35,38-41,94-96,100-101H,4-6,9,12-15,18,21-24,27,30-31,36-37,42-93H2,1-3H3,(H,105,106)(H,107,108)/b10-7-,11-8-,19-16-,20-17-,28-25-,29-26-,34-32-,35-33-,40-38-,41-39-. The Morgan fingerprint density at radius 3 is 0.718 bits per heavy atom. The number of carbonyl (C=O) groups excluding carboxylic acids is 3. The van der Waals surface area contributed by atoms with Gasteiger partial charge in [-0.05, 0) is 109 Å². The first-order chi connectivity index (χ1) is 57.2. The molecule has 0 aliphatic carbocycles. The Labute approximate surface area is 716 Å². The molecule has 5 atom stereocenters. The van der Waals surface area contributed by atoms with Crippen LogP contribution in [0, 0.1) is 0 Å². The predicted molar refractivity (Wildman–Crippen MR) is 491 cm³/mol. The summed E-state index contributed by atoms with van der Waals surface area (Å²) in [5.41, 5.74) is 0. The van der Waals surface area contributed by atoms with Gasteiger partial charge in [0.25, 0.3) is 0 Å². The van der Waals surface area contributed by atoms with Crippen molar-refractivity contribution >= 4 is 33.6 Å². The second-order valence-corrected chi connectivity index (χ2v) is 35.0. The summed E-state index contributed by atoms with van der Waals surface area (Å²) in [5, 5.41) is 20.7. The molecule has 0 saturated carbocycles. The van der Waals surface area contributed by atoms with Gasteiger partial charge in [0, 0.05) is 19.3 Å². The number of esters is 3. The summed E-state index contributed by atoms with van der Waals surface area (Å²) in [7, 11) is -9.79. The maximum Gasteiger partial charge on any atom is 0.472 e. The van der Waals surface area contributed by atoms with E-state index in [1.807, 2.05) is 0 Å². The zero-order valence-electron chi connectivity index (χ0n) is 74.9. The summed E-state index contributed by atoms with van der Waals surface area (Å²) in [6.07, 6.45) is 113. The molecule has 4 N–H and O–H groups in total. The third-order valence-corrected chi connectivity index (χ3v) is 22.6. The van der Waals surface area contributed by atoms with Crippen molar-refractivity contribution in [2.45, 2.75) is 450 Å². The van der Waals surface area contributed by atoms with E-state index in [-0.39, 0.29) is 19.3 Å². The van der Waals surface area contributed by atoms with E-state index in [4.69, 9.17) is 32.3 Å². The Morgan fingerprint density at radius 1 is 0.248 bits per heavy atom. The molecule has 0 aliphatic rings. The number of carbonyl (C=O) groups is 3. The summed E-state index contributed by atoms with van der Waals surface area (Å²) in [6.45, 7) is 2.55. The van der Waals surface area contributed by atoms with E-state index >= 15 is 0 Å². The highest BCUT2D eigenvalue weighted by atomic mass is 31.2. The fraction of sp³-hybridized carbons (Fsp3) is 0.768. The van der Waals surface area contributed by atoms with Crippen molar-refractivity contribution in [3.63, 3.8) is 0 Å². The van der Waals surface area contributed by atoms with E-state index in [0.717, 1.165) is 128 Å². The van der Waals surface area contributed by atoms with Crippen molar-refractivity contribution in [1.29, 1.82) is 0 Å². The van der Waals surface area contributed by atoms with Gasteiger partial charge in [0.2, 0.25) is 0 Å². The second-order valence-electron chi connectivity index (χ2n) is 32.1. The monoisotopic (exact) mass is 1680 g/mol. The number of unbranched alkanes of at least 4 members (excludes halogenated alkanes) is 48. The Morgan fingerprint density at radius 2 is 0.453 bits per heavy atom. The lowest BCUT2D eigenvalue weighted by Crippen LogP contribution is -2.30. The minimum atomic E-state index is -4.93. The molecule has 0 bridgehead atoms. The van der Waals surface area contributed by atoms with Gasteiger partial charge < -0.3 is 34.2 Å². The van der Waals surface area contributed by atoms with Crippen LogP contribution in [0.15, 0.2) is 122 Å². The number of phosphoric ester groups is 2. The van der Waals surface area contributed by atoms with Crippen LogP contribution >= 0.6 is 15.6 Å². The van der Waals surface area contributed by atoms with Gasteiger partial charge in [-0.2, -0.15) is 0 Å². The zero-order chi connectivity index (χ0) is 85.1. The molecule has 0 rings (SSSR count). The van der Waals surface area contributed by atoms with Gasteiger partial charge in [-0.1, -0.05) is 425 Å². The SMILES string of the molecule is CC/C=C\C/C=C\C/C=C\C/C=C\C/C=C\CCCCCCCCCCCCCCCCCCCC(=O)OCC(O)COP(=O)(O)OCC(O)COP(=O)(O)OCC(COC(=O)CCCCCCCCCCCCCCCCCCC/C=C\C/C=C\C/C=C\C/C=C\C/C=C\CC)OC(=O)CCCCCCCCCCCCCCCCC. The van der Waals surface area contributed by atoms with Crippen LogP contribution in [-0.2, 0) is 55.8 Å². The Bertz CT molecular complexity index is 2610. The molecular weight excluding hydrogens is 1510 g/mol. The lowest BCUT2D eigenvalue weighted by Gasteiger charge is -2.21. The molecule has 117 heavy (non-hydrogen) atoms. The van der Waals surface area contributed by atoms with Crippen molar-refractivity contribution in [1.82, 2.24) is 0 Å². The van der Waals surface area contributed by atoms with Crippen LogP contribution in [0.3, 0.4) is 0 Å². The molecule has 0 heterocycles. The van der Waals surface area contributed by atoms with Crippen LogP contribution in [0.2, 0.25) is 0 Å². The van der Waals surface area contributed by atoms with E-state index in [2.05, 4.69) is 142 Å². The maximum absolute atomic E-state index is 13.0. The van der Waals surface area contributed by atoms with Crippen LogP contribution in [0.25, 0.3) is 0 Å². The van der Waals surface area contributed by atoms with Crippen molar-refractivity contribution in [3.8, 4) is 0 Å². The zero-order valence-corrected chi connectivity index (χ0v) is 76.6. The molecule has 678 valence electrons. The first kappa shape index (κ1) is 113. The van der Waals surface area contributed by atoms with Crippen LogP contribution in [0.1, 0.15) is 432 Å². The summed E-state index contributed by atoms with van der Waals surface area (Å²) in [4.78, 5) is 59.0. The number of aliphatic hydroxyl groups is 2. The average molecular weight is 1680 g/mol. The molecule has 0 aromatic rings. The summed E-state index contributed by atoms with van der Waals surface area (Å²) in [6, 6.07) is 0. The van der Waals surface area contributed by atoms with E-state index in [9.17, 15) is 43.5 Å². The molecule has 16 nitrogen and oxygen atoms in total. The highest BCUT2D eigenvalue weighted by Gasteiger charge is 2.30. The van der Waals surface area contributed by atoms with Gasteiger partial charge in [-0.25, -0.2) is 9.13 Å². The Hall–Kier alpha value is -4.05. The van der Waals surface area contributed by atoms with Crippen molar-refractivity contribution in [2.24, 2.45) is 0 Å². The minimum absolute atomic E-state index is 0.110. The molecule has 0 saturated heterocycles. The van der Waals surface area contributed by atoms with Gasteiger partial charge in [0.15, 0.2) is 6.10 Å². The molecule has 0 amide bonds. The highest BCUT2D eigenvalue weighted by molar-refractivity contribution is 7.47. The molecule has 0 aliphatic heterocycles. The van der Waals surface area contributed by atoms with Crippen molar-refractivity contribution < 1.29 is 75.8 Å². The van der Waals surface area contributed by atoms with Gasteiger partial charge in [-0.15, -0.1) is 0 Å². The van der Waals surface area contributed by atoms with Crippen molar-refractivity contribution in [2.75, 3.05) is 39.6 Å². The number of ether oxygens (including phenoxy) is 3. The number of phosphoric acid groups is 2. The van der Waals surface area contributed by atoms with Gasteiger partial charge in [-0.3, -0.25) is 32.5 Å². The van der Waals surface area contributed by atoms with Gasteiger partial charge in [0.1, 0.15) is 25.4 Å². The van der Waals surface area contributed by atoms with Gasteiger partial charge >= 0.3 is 33.6 Å². The van der Waals surface area contributed by atoms with E-state index in [0.29, 0.717) is 19.3 Å². The minimum Gasteiger partial charge on any atom is -0.463 e. The number of aliphatic hydroxyl groups excluding tert-OH is 2. The summed E-state index contributed by atoms with van der Waals surface area (Å²) < 4.78 is 61.5. The predicted octanol–water partition coefficient (Wildman–Crippen LogP) is 29.6. The fourth-order valence-electron chi connectivity index (χ4n) is 13.5. The smallest absolute Gasteiger partial charge is 0.463 e. The summed E-state index contributed by atoms with van der Waals surface area (Å²) in [5.74, 6) is -1.55. The lowest BCUT2D eigenvalue weighted by atomic mass is 10.0. The van der Waals surface area contributed by atoms with Crippen LogP contribution in [0.4, 0.5) is 0 Å². The fourth-order valence-corrected chi connectivity index (χ4v) is 15.1. The molecule has 0 fully saturated rings. The molecule has 0 radical (unpaired) electrons. The van der Waals surface area contributed by atoms with E-state index in [1.54, 1.807) is 0 Å². The second kappa shape index (κ2) is 91.2. The van der Waals surface area contributed by atoms with E-state index < -0.39 is 91.5 Å². The quantitative estimate of drug-likeness (QED) is 0.0146. The Balaban J connectivity index is 4.41. The number of rotatable bonds is 91. The third-order valence-electron chi connectivity index (χ3n) is 20.7. The topological polar surface area (TPSA) is 231 Å². The average Bonchev–Trinajstić information content (AvgIpc) is 0.874. The lowest BCUT2D eigenvalue weighted by molar-refractivity contribution is -0.161. The maximum atomic E-state index is 13.0. The highest BCUT2D eigenvalue weighted by Crippen LogP contribution is 2.45. The van der Waals surface area contributed by atoms with Crippen LogP contribution < -0.4 is 0 Å². The van der Waals surface area contributed by atoms with E-state index in [1.165, 1.54) is 244 Å². The third kappa shape index (κ3) is 92.5. The van der Waals surface area contributed by atoms with Gasteiger partial charge in [0.05, 0.1) is 26.4 Å². The largest absolute Gasteiger partial charge is 0.472 e. The normalized spacial score (nSPS) is 14.3. The molecule has 0 spiro atoms. The molecule has 0 aromatic carbocycles. The molecule has 0 aromatic heterocycles. The first-order valence-electron chi connectivity index (χ1n) is 47.8. The molecular formula is C99H176O16P2.